The number of dihydropyridines is 1. The molecule has 6 heteroatoms. The van der Waals surface area contributed by atoms with Crippen molar-refractivity contribution in [2.75, 3.05) is 13.1 Å². The number of nitrogens with zero attached hydrogens (tertiary/aromatic N) is 1. The molecule has 2 aromatic rings. The fourth-order valence-electron chi connectivity index (χ4n) is 3.63. The smallest absolute Gasteiger partial charge is 0.227 e. The van der Waals surface area contributed by atoms with Gasteiger partial charge < -0.3 is 10.2 Å². The number of halogens is 3. The summed E-state index contributed by atoms with van der Waals surface area (Å²) in [7, 11) is 0. The molecule has 4 rings (SSSR count). The van der Waals surface area contributed by atoms with Gasteiger partial charge in [0, 0.05) is 40.3 Å². The summed E-state index contributed by atoms with van der Waals surface area (Å²) in [6, 6.07) is 9.46. The van der Waals surface area contributed by atoms with Gasteiger partial charge in [-0.25, -0.2) is 0 Å². The van der Waals surface area contributed by atoms with E-state index in [9.17, 15) is 4.79 Å². The van der Waals surface area contributed by atoms with Crippen molar-refractivity contribution in [3.05, 3.63) is 80.5 Å². The van der Waals surface area contributed by atoms with E-state index in [2.05, 4.69) is 17.5 Å². The first-order valence-electron chi connectivity index (χ1n) is 9.14. The lowest BCUT2D eigenvalue weighted by Gasteiger charge is -2.30. The Labute approximate surface area is 179 Å². The van der Waals surface area contributed by atoms with Crippen molar-refractivity contribution in [1.29, 1.82) is 0 Å². The van der Waals surface area contributed by atoms with E-state index in [1.54, 1.807) is 6.07 Å². The minimum atomic E-state index is 0.144. The quantitative estimate of drug-likeness (QED) is 0.680. The molecule has 3 nitrogen and oxygen atoms in total. The summed E-state index contributed by atoms with van der Waals surface area (Å²) < 4.78 is 0. The van der Waals surface area contributed by atoms with E-state index >= 15 is 0 Å². The number of amides is 1. The molecule has 0 aromatic heterocycles. The second-order valence-corrected chi connectivity index (χ2v) is 8.30. The van der Waals surface area contributed by atoms with Gasteiger partial charge in [-0.1, -0.05) is 40.9 Å². The van der Waals surface area contributed by atoms with Crippen LogP contribution in [0.2, 0.25) is 15.1 Å². The number of carbonyl (C=O) groups is 1. The summed E-state index contributed by atoms with van der Waals surface area (Å²) in [6.45, 7) is 2.06. The van der Waals surface area contributed by atoms with Gasteiger partial charge in [-0.05, 0) is 71.3 Å². The van der Waals surface area contributed by atoms with Gasteiger partial charge in [0.05, 0.1) is 6.42 Å². The van der Waals surface area contributed by atoms with Gasteiger partial charge in [0.2, 0.25) is 5.91 Å². The number of benzene rings is 2. The second-order valence-electron chi connectivity index (χ2n) is 7.02. The molecule has 2 aromatic carbocycles. The Morgan fingerprint density at radius 2 is 1.82 bits per heavy atom. The van der Waals surface area contributed by atoms with E-state index in [0.717, 1.165) is 35.2 Å². The maximum absolute atomic E-state index is 12.8. The first kappa shape index (κ1) is 19.4. The summed E-state index contributed by atoms with van der Waals surface area (Å²) in [4.78, 5) is 14.7. The number of hydrogen-bond acceptors (Lipinski definition) is 2. The van der Waals surface area contributed by atoms with Gasteiger partial charge in [-0.15, -0.1) is 0 Å². The zero-order valence-electron chi connectivity index (χ0n) is 15.1. The van der Waals surface area contributed by atoms with Crippen molar-refractivity contribution in [3.63, 3.8) is 0 Å². The monoisotopic (exact) mass is 432 g/mol. The third-order valence-corrected chi connectivity index (χ3v) is 5.83. The topological polar surface area (TPSA) is 32.3 Å². The average molecular weight is 434 g/mol. The van der Waals surface area contributed by atoms with Gasteiger partial charge in [0.15, 0.2) is 0 Å². The molecule has 1 N–H and O–H groups in total. The van der Waals surface area contributed by atoms with Crippen molar-refractivity contribution < 1.29 is 4.79 Å². The summed E-state index contributed by atoms with van der Waals surface area (Å²) >= 11 is 18.9. The highest BCUT2D eigenvalue weighted by atomic mass is 35.5. The third-order valence-electron chi connectivity index (χ3n) is 5.08. The minimum absolute atomic E-state index is 0.144. The van der Waals surface area contributed by atoms with Crippen LogP contribution in [0.25, 0.3) is 11.1 Å². The second kappa shape index (κ2) is 8.20. The molecule has 0 spiro atoms. The molecule has 0 bridgehead atoms. The van der Waals surface area contributed by atoms with Crippen LogP contribution in [0.15, 0.2) is 54.3 Å². The van der Waals surface area contributed by atoms with Crippen LogP contribution in [-0.4, -0.2) is 23.9 Å². The minimum Gasteiger partial charge on any atom is -0.387 e. The largest absolute Gasteiger partial charge is 0.387 e. The summed E-state index contributed by atoms with van der Waals surface area (Å²) in [5, 5.41) is 4.90. The standard InChI is InChI=1S/C22H19Cl3N2O/c23-18-8-16(9-19(24)12-18)20-10-17-13-27(6-3-15(17)11-21(20)25)22(28)7-14-1-4-26-5-2-14/h1-2,4,8-12,26H,3,5-7,13H2. The molecule has 0 radical (unpaired) electrons. The highest BCUT2D eigenvalue weighted by Crippen LogP contribution is 2.36. The number of fused-ring (bicyclic) bond motifs is 1. The molecule has 0 saturated heterocycles. The lowest BCUT2D eigenvalue weighted by Crippen LogP contribution is -2.36. The highest BCUT2D eigenvalue weighted by Gasteiger charge is 2.23. The van der Waals surface area contributed by atoms with Crippen LogP contribution in [0, 0.1) is 0 Å². The Kier molecular flexibility index (Phi) is 5.68. The number of rotatable bonds is 3. The molecule has 2 aliphatic heterocycles. The molecule has 144 valence electrons. The molecule has 0 atom stereocenters. The Morgan fingerprint density at radius 3 is 2.54 bits per heavy atom. The summed E-state index contributed by atoms with van der Waals surface area (Å²) in [5.74, 6) is 0.144. The zero-order valence-corrected chi connectivity index (χ0v) is 17.4. The Bertz CT molecular complexity index is 977. The fraction of sp³-hybridized carbons (Fsp3) is 0.227. The lowest BCUT2D eigenvalue weighted by molar-refractivity contribution is -0.131. The van der Waals surface area contributed by atoms with Crippen molar-refractivity contribution in [2.45, 2.75) is 19.4 Å². The van der Waals surface area contributed by atoms with Crippen LogP contribution in [0.5, 0.6) is 0 Å². The van der Waals surface area contributed by atoms with Crippen LogP contribution in [-0.2, 0) is 17.8 Å². The van der Waals surface area contributed by atoms with Crippen molar-refractivity contribution in [3.8, 4) is 11.1 Å². The van der Waals surface area contributed by atoms with Gasteiger partial charge in [0.25, 0.3) is 0 Å². The first-order chi connectivity index (χ1) is 13.5. The van der Waals surface area contributed by atoms with Crippen LogP contribution < -0.4 is 5.32 Å². The maximum atomic E-state index is 12.8. The van der Waals surface area contributed by atoms with Crippen molar-refractivity contribution >= 4 is 40.7 Å². The Hall–Kier alpha value is -1.94. The summed E-state index contributed by atoms with van der Waals surface area (Å²) in [5.41, 5.74) is 5.11. The molecular formula is C22H19Cl3N2O. The molecule has 0 fully saturated rings. The van der Waals surface area contributed by atoms with Crippen LogP contribution in [0.3, 0.4) is 0 Å². The van der Waals surface area contributed by atoms with E-state index in [1.807, 2.05) is 35.4 Å². The van der Waals surface area contributed by atoms with Crippen molar-refractivity contribution in [1.82, 2.24) is 10.2 Å². The Balaban J connectivity index is 1.58. The van der Waals surface area contributed by atoms with Crippen molar-refractivity contribution in [2.24, 2.45) is 0 Å². The molecule has 0 saturated carbocycles. The SMILES string of the molecule is O=C(CC1=CCNC=C1)N1CCc2cc(Cl)c(-c3cc(Cl)cc(Cl)c3)cc2C1. The zero-order chi connectivity index (χ0) is 19.7. The Morgan fingerprint density at radius 1 is 1.04 bits per heavy atom. The van der Waals surface area contributed by atoms with Gasteiger partial charge in [-0.2, -0.15) is 0 Å². The molecule has 2 aliphatic rings. The average Bonchev–Trinajstić information content (AvgIpc) is 2.67. The van der Waals surface area contributed by atoms with E-state index in [-0.39, 0.29) is 5.91 Å². The highest BCUT2D eigenvalue weighted by molar-refractivity contribution is 6.36. The van der Waals surface area contributed by atoms with Gasteiger partial charge in [0.1, 0.15) is 0 Å². The van der Waals surface area contributed by atoms with E-state index < -0.39 is 0 Å². The van der Waals surface area contributed by atoms with Gasteiger partial charge in [-0.3, -0.25) is 4.79 Å². The summed E-state index contributed by atoms with van der Waals surface area (Å²) in [6.07, 6.45) is 7.13. The lowest BCUT2D eigenvalue weighted by atomic mass is 9.94. The predicted molar refractivity (Wildman–Crippen MR) is 116 cm³/mol. The van der Waals surface area contributed by atoms with E-state index in [4.69, 9.17) is 34.8 Å². The van der Waals surface area contributed by atoms with Crippen LogP contribution >= 0.6 is 34.8 Å². The van der Waals surface area contributed by atoms with E-state index in [1.165, 1.54) is 5.56 Å². The molecule has 28 heavy (non-hydrogen) atoms. The molecule has 1 amide bonds. The van der Waals surface area contributed by atoms with E-state index in [0.29, 0.717) is 34.6 Å². The predicted octanol–water partition coefficient (Wildman–Crippen LogP) is 5.63. The fourth-order valence-corrected chi connectivity index (χ4v) is 4.45. The molecule has 0 aliphatic carbocycles. The van der Waals surface area contributed by atoms with Gasteiger partial charge >= 0.3 is 0 Å². The normalized spacial score (nSPS) is 15.7. The number of nitrogens with one attached hydrogen (secondary N) is 1. The number of hydrogen-bond donors (Lipinski definition) is 1. The van der Waals surface area contributed by atoms with Crippen LogP contribution in [0.4, 0.5) is 0 Å². The third kappa shape index (κ3) is 4.22. The molecular weight excluding hydrogens is 415 g/mol. The maximum Gasteiger partial charge on any atom is 0.227 e. The molecule has 2 heterocycles. The number of allylic oxidation sites excluding steroid dienone is 1. The molecule has 0 unspecified atom stereocenters. The first-order valence-corrected chi connectivity index (χ1v) is 10.3. The van der Waals surface area contributed by atoms with Crippen LogP contribution in [0.1, 0.15) is 17.5 Å². The number of carbonyl (C=O) groups excluding carboxylic acids is 1.